The largest absolute Gasteiger partial charge is 0.496 e. The standard InChI is InChI=1S/C18H29NO2/c1-3-6-14-9-11-18(13-19,12-10-14)17(20)15-7-4-5-8-16(15)21-2/h4-5,7-8,14,17,20H,3,6,9-13,19H2,1-2H3. The van der Waals surface area contributed by atoms with E-state index in [1.807, 2.05) is 24.3 Å². The molecule has 0 heterocycles. The van der Waals surface area contributed by atoms with Gasteiger partial charge < -0.3 is 15.6 Å². The van der Waals surface area contributed by atoms with Crippen molar-refractivity contribution in [1.29, 1.82) is 0 Å². The van der Waals surface area contributed by atoms with Crippen molar-refractivity contribution in [3.63, 3.8) is 0 Å². The van der Waals surface area contributed by atoms with Crippen LogP contribution in [0.3, 0.4) is 0 Å². The van der Waals surface area contributed by atoms with Gasteiger partial charge in [-0.15, -0.1) is 0 Å². The minimum absolute atomic E-state index is 0.196. The summed E-state index contributed by atoms with van der Waals surface area (Å²) in [5.41, 5.74) is 6.77. The minimum Gasteiger partial charge on any atom is -0.496 e. The topological polar surface area (TPSA) is 55.5 Å². The summed E-state index contributed by atoms with van der Waals surface area (Å²) < 4.78 is 5.41. The van der Waals surface area contributed by atoms with Crippen LogP contribution in [0.25, 0.3) is 0 Å². The van der Waals surface area contributed by atoms with Gasteiger partial charge in [0.25, 0.3) is 0 Å². The van der Waals surface area contributed by atoms with Crippen molar-refractivity contribution >= 4 is 0 Å². The second-order valence-corrected chi connectivity index (χ2v) is 6.44. The summed E-state index contributed by atoms with van der Waals surface area (Å²) in [4.78, 5) is 0. The Morgan fingerprint density at radius 2 is 2.00 bits per heavy atom. The fraction of sp³-hybridized carbons (Fsp3) is 0.667. The Morgan fingerprint density at radius 1 is 1.33 bits per heavy atom. The molecule has 1 aliphatic rings. The fourth-order valence-electron chi connectivity index (χ4n) is 3.76. The smallest absolute Gasteiger partial charge is 0.124 e. The molecule has 2 rings (SSSR count). The Bertz CT molecular complexity index is 439. The van der Waals surface area contributed by atoms with Crippen LogP contribution in [-0.4, -0.2) is 18.8 Å². The van der Waals surface area contributed by atoms with Crippen molar-refractivity contribution in [3.05, 3.63) is 29.8 Å². The van der Waals surface area contributed by atoms with Gasteiger partial charge in [-0.1, -0.05) is 38.0 Å². The van der Waals surface area contributed by atoms with Gasteiger partial charge in [-0.2, -0.15) is 0 Å². The van der Waals surface area contributed by atoms with Crippen LogP contribution in [0.2, 0.25) is 0 Å². The number of ether oxygens (including phenoxy) is 1. The van der Waals surface area contributed by atoms with E-state index in [1.165, 1.54) is 25.7 Å². The quantitative estimate of drug-likeness (QED) is 0.841. The Balaban J connectivity index is 2.17. The average molecular weight is 291 g/mol. The molecular weight excluding hydrogens is 262 g/mol. The van der Waals surface area contributed by atoms with Crippen LogP contribution in [0.5, 0.6) is 5.75 Å². The second-order valence-electron chi connectivity index (χ2n) is 6.44. The molecule has 118 valence electrons. The van der Waals surface area contributed by atoms with Gasteiger partial charge in [-0.3, -0.25) is 0 Å². The van der Waals surface area contributed by atoms with Crippen molar-refractivity contribution < 1.29 is 9.84 Å². The van der Waals surface area contributed by atoms with E-state index >= 15 is 0 Å². The summed E-state index contributed by atoms with van der Waals surface area (Å²) in [6.45, 7) is 2.78. The van der Waals surface area contributed by atoms with Crippen LogP contribution in [0.1, 0.15) is 57.1 Å². The van der Waals surface area contributed by atoms with E-state index in [4.69, 9.17) is 10.5 Å². The predicted octanol–water partition coefficient (Wildman–Crippen LogP) is 3.66. The number of methoxy groups -OCH3 is 1. The van der Waals surface area contributed by atoms with Gasteiger partial charge in [0.15, 0.2) is 0 Å². The molecule has 3 N–H and O–H groups in total. The van der Waals surface area contributed by atoms with E-state index in [1.54, 1.807) is 7.11 Å². The number of aliphatic hydroxyl groups is 1. The lowest BCUT2D eigenvalue weighted by Crippen LogP contribution is -2.40. The SMILES string of the molecule is CCCC1CCC(CN)(C(O)c2ccccc2OC)CC1. The third kappa shape index (κ3) is 3.41. The van der Waals surface area contributed by atoms with Crippen molar-refractivity contribution in [2.45, 2.75) is 51.6 Å². The predicted molar refractivity (Wildman–Crippen MR) is 86.3 cm³/mol. The summed E-state index contributed by atoms with van der Waals surface area (Å²) >= 11 is 0. The molecule has 0 amide bonds. The maximum absolute atomic E-state index is 11.0. The maximum atomic E-state index is 11.0. The lowest BCUT2D eigenvalue weighted by atomic mass is 9.65. The lowest BCUT2D eigenvalue weighted by molar-refractivity contribution is -0.0120. The first-order valence-corrected chi connectivity index (χ1v) is 8.18. The monoisotopic (exact) mass is 291 g/mol. The van der Waals surface area contributed by atoms with Crippen LogP contribution in [0.15, 0.2) is 24.3 Å². The fourth-order valence-corrected chi connectivity index (χ4v) is 3.76. The van der Waals surface area contributed by atoms with E-state index in [0.29, 0.717) is 6.54 Å². The molecule has 1 fully saturated rings. The molecule has 1 unspecified atom stereocenters. The van der Waals surface area contributed by atoms with Gasteiger partial charge >= 0.3 is 0 Å². The summed E-state index contributed by atoms with van der Waals surface area (Å²) in [5.74, 6) is 1.56. The number of benzene rings is 1. The highest BCUT2D eigenvalue weighted by Crippen LogP contribution is 2.49. The third-order valence-corrected chi connectivity index (χ3v) is 5.22. The first-order chi connectivity index (χ1) is 10.2. The van der Waals surface area contributed by atoms with Gasteiger partial charge in [0.1, 0.15) is 5.75 Å². The zero-order chi connectivity index (χ0) is 15.3. The Morgan fingerprint density at radius 3 is 2.57 bits per heavy atom. The zero-order valence-electron chi connectivity index (χ0n) is 13.3. The van der Waals surface area contributed by atoms with E-state index in [9.17, 15) is 5.11 Å². The van der Waals surface area contributed by atoms with Crippen LogP contribution in [0, 0.1) is 11.3 Å². The van der Waals surface area contributed by atoms with Crippen molar-refractivity contribution in [2.75, 3.05) is 13.7 Å². The van der Waals surface area contributed by atoms with Gasteiger partial charge in [0, 0.05) is 17.5 Å². The zero-order valence-corrected chi connectivity index (χ0v) is 13.3. The highest BCUT2D eigenvalue weighted by molar-refractivity contribution is 5.36. The van der Waals surface area contributed by atoms with E-state index in [-0.39, 0.29) is 5.41 Å². The van der Waals surface area contributed by atoms with Gasteiger partial charge in [0.2, 0.25) is 0 Å². The number of rotatable bonds is 6. The summed E-state index contributed by atoms with van der Waals surface area (Å²) in [5, 5.41) is 11.0. The van der Waals surface area contributed by atoms with Crippen molar-refractivity contribution in [2.24, 2.45) is 17.1 Å². The Labute approximate surface area is 128 Å². The number of nitrogens with two attached hydrogens (primary N) is 1. The molecule has 0 spiro atoms. The van der Waals surface area contributed by atoms with Gasteiger partial charge in [-0.25, -0.2) is 0 Å². The van der Waals surface area contributed by atoms with E-state index in [2.05, 4.69) is 6.92 Å². The van der Waals surface area contributed by atoms with Crippen LogP contribution < -0.4 is 10.5 Å². The molecule has 0 bridgehead atoms. The third-order valence-electron chi connectivity index (χ3n) is 5.22. The first kappa shape index (κ1) is 16.3. The molecule has 1 aromatic carbocycles. The van der Waals surface area contributed by atoms with Crippen LogP contribution in [-0.2, 0) is 0 Å². The molecule has 1 aliphatic carbocycles. The van der Waals surface area contributed by atoms with Crippen LogP contribution in [0.4, 0.5) is 0 Å². The molecule has 0 aromatic heterocycles. The molecule has 3 nitrogen and oxygen atoms in total. The van der Waals surface area contributed by atoms with Crippen molar-refractivity contribution in [3.8, 4) is 5.75 Å². The molecule has 0 saturated heterocycles. The minimum atomic E-state index is -0.541. The maximum Gasteiger partial charge on any atom is 0.124 e. The molecule has 0 radical (unpaired) electrons. The van der Waals surface area contributed by atoms with Gasteiger partial charge in [-0.05, 0) is 37.7 Å². The van der Waals surface area contributed by atoms with E-state index < -0.39 is 6.10 Å². The molecule has 1 atom stereocenters. The Hall–Kier alpha value is -1.06. The summed E-state index contributed by atoms with van der Waals surface area (Å²) in [7, 11) is 1.65. The van der Waals surface area contributed by atoms with Crippen molar-refractivity contribution in [1.82, 2.24) is 0 Å². The van der Waals surface area contributed by atoms with Crippen LogP contribution >= 0.6 is 0 Å². The molecule has 0 aliphatic heterocycles. The Kier molecular flexibility index (Phi) is 5.65. The van der Waals surface area contributed by atoms with Gasteiger partial charge in [0.05, 0.1) is 13.2 Å². The molecule has 1 saturated carbocycles. The summed E-state index contributed by atoms with van der Waals surface area (Å²) in [6.07, 6.45) is 6.37. The number of para-hydroxylation sites is 1. The van der Waals surface area contributed by atoms with E-state index in [0.717, 1.165) is 30.1 Å². The second kappa shape index (κ2) is 7.28. The highest BCUT2D eigenvalue weighted by atomic mass is 16.5. The molecule has 3 heteroatoms. The number of hydrogen-bond donors (Lipinski definition) is 2. The first-order valence-electron chi connectivity index (χ1n) is 8.18. The summed E-state index contributed by atoms with van der Waals surface area (Å²) in [6, 6.07) is 7.75. The lowest BCUT2D eigenvalue weighted by Gasteiger charge is -2.43. The number of hydrogen-bond acceptors (Lipinski definition) is 3. The molecular formula is C18H29NO2. The normalized spacial score (nSPS) is 27.3. The molecule has 21 heavy (non-hydrogen) atoms. The highest BCUT2D eigenvalue weighted by Gasteiger charge is 2.41. The molecule has 1 aromatic rings. The average Bonchev–Trinajstić information content (AvgIpc) is 2.55. The number of aliphatic hydroxyl groups excluding tert-OH is 1.